The highest BCUT2D eigenvalue weighted by molar-refractivity contribution is 5.32. The van der Waals surface area contributed by atoms with Crippen molar-refractivity contribution >= 4 is 0 Å². The van der Waals surface area contributed by atoms with E-state index in [9.17, 15) is 9.50 Å². The summed E-state index contributed by atoms with van der Waals surface area (Å²) < 4.78 is 12.9. The lowest BCUT2D eigenvalue weighted by Crippen LogP contribution is -2.24. The number of benzene rings is 1. The monoisotopic (exact) mass is 194 g/mol. The highest BCUT2D eigenvalue weighted by Gasteiger charge is 2.41. The zero-order chi connectivity index (χ0) is 10.3. The zero-order valence-electron chi connectivity index (χ0n) is 8.55. The minimum absolute atomic E-state index is 0.238. The molecular weight excluding hydrogens is 179 g/mol. The number of aryl methyl sites for hydroxylation is 1. The second-order valence-electron chi connectivity index (χ2n) is 4.38. The Morgan fingerprint density at radius 1 is 1.43 bits per heavy atom. The summed E-state index contributed by atoms with van der Waals surface area (Å²) in [5.74, 6) is 0.115. The van der Waals surface area contributed by atoms with E-state index in [-0.39, 0.29) is 5.82 Å². The molecule has 0 radical (unpaired) electrons. The maximum Gasteiger partial charge on any atom is 0.123 e. The Bertz CT molecular complexity index is 353. The molecule has 0 unspecified atom stereocenters. The quantitative estimate of drug-likeness (QED) is 0.767. The Morgan fingerprint density at radius 3 is 2.57 bits per heavy atom. The van der Waals surface area contributed by atoms with Crippen LogP contribution in [0.3, 0.4) is 0 Å². The van der Waals surface area contributed by atoms with Gasteiger partial charge in [0.25, 0.3) is 0 Å². The number of aliphatic hydroxyl groups is 1. The van der Waals surface area contributed by atoms with Gasteiger partial charge in [-0.3, -0.25) is 0 Å². The summed E-state index contributed by atoms with van der Waals surface area (Å²) in [7, 11) is 0. The normalized spacial score (nSPS) is 20.6. The Morgan fingerprint density at radius 2 is 2.07 bits per heavy atom. The molecule has 1 aromatic rings. The molecule has 14 heavy (non-hydrogen) atoms. The largest absolute Gasteiger partial charge is 0.385 e. The van der Waals surface area contributed by atoms with Gasteiger partial charge in [0, 0.05) is 0 Å². The smallest absolute Gasteiger partial charge is 0.123 e. The van der Waals surface area contributed by atoms with E-state index >= 15 is 0 Å². The van der Waals surface area contributed by atoms with Crippen LogP contribution in [0.2, 0.25) is 0 Å². The van der Waals surface area contributed by atoms with Crippen LogP contribution in [0.4, 0.5) is 4.39 Å². The standard InChI is InChI=1S/C12H15FO/c1-8-7-10(13)5-6-11(8)12(2,14)9-3-4-9/h5-7,9,14H,3-4H2,1-2H3/t12-/m1/s1. The number of hydrogen-bond acceptors (Lipinski definition) is 1. The van der Waals surface area contributed by atoms with E-state index in [1.165, 1.54) is 12.1 Å². The predicted octanol–water partition coefficient (Wildman–Crippen LogP) is 2.75. The van der Waals surface area contributed by atoms with E-state index in [1.54, 1.807) is 6.07 Å². The van der Waals surface area contributed by atoms with Crippen molar-refractivity contribution in [1.82, 2.24) is 0 Å². The van der Waals surface area contributed by atoms with Gasteiger partial charge in [-0.2, -0.15) is 0 Å². The number of hydrogen-bond donors (Lipinski definition) is 1. The minimum atomic E-state index is -0.780. The molecule has 0 amide bonds. The van der Waals surface area contributed by atoms with E-state index in [1.807, 2.05) is 13.8 Å². The lowest BCUT2D eigenvalue weighted by Gasteiger charge is -2.25. The SMILES string of the molecule is Cc1cc(F)ccc1[C@](C)(O)C1CC1. The third-order valence-electron chi connectivity index (χ3n) is 3.11. The summed E-state index contributed by atoms with van der Waals surface area (Å²) in [6.07, 6.45) is 2.15. The van der Waals surface area contributed by atoms with E-state index < -0.39 is 5.60 Å². The van der Waals surface area contributed by atoms with Gasteiger partial charge in [-0.1, -0.05) is 6.07 Å². The van der Waals surface area contributed by atoms with Crippen LogP contribution in [0.25, 0.3) is 0 Å². The van der Waals surface area contributed by atoms with Crippen molar-refractivity contribution in [3.8, 4) is 0 Å². The minimum Gasteiger partial charge on any atom is -0.385 e. The fraction of sp³-hybridized carbons (Fsp3) is 0.500. The van der Waals surface area contributed by atoms with Gasteiger partial charge in [-0.15, -0.1) is 0 Å². The first-order valence-electron chi connectivity index (χ1n) is 5.01. The van der Waals surface area contributed by atoms with Crippen molar-refractivity contribution in [3.05, 3.63) is 35.1 Å². The summed E-state index contributed by atoms with van der Waals surface area (Å²) in [5.41, 5.74) is 0.918. The molecule has 0 bridgehead atoms. The zero-order valence-corrected chi connectivity index (χ0v) is 8.55. The lowest BCUT2D eigenvalue weighted by molar-refractivity contribution is 0.0324. The molecule has 1 nitrogen and oxygen atoms in total. The third-order valence-corrected chi connectivity index (χ3v) is 3.11. The summed E-state index contributed by atoms with van der Waals surface area (Å²) in [4.78, 5) is 0. The molecule has 1 atom stereocenters. The topological polar surface area (TPSA) is 20.2 Å². The average molecular weight is 194 g/mol. The summed E-state index contributed by atoms with van der Waals surface area (Å²) in [6.45, 7) is 3.67. The van der Waals surface area contributed by atoms with Crippen LogP contribution in [-0.2, 0) is 5.60 Å². The highest BCUT2D eigenvalue weighted by atomic mass is 19.1. The summed E-state index contributed by atoms with van der Waals surface area (Å²) in [5, 5.41) is 10.3. The molecule has 0 spiro atoms. The van der Waals surface area contributed by atoms with Gasteiger partial charge in [0.2, 0.25) is 0 Å². The van der Waals surface area contributed by atoms with Gasteiger partial charge in [-0.25, -0.2) is 4.39 Å². The first-order valence-corrected chi connectivity index (χ1v) is 5.01. The molecule has 1 fully saturated rings. The van der Waals surface area contributed by atoms with Crippen molar-refractivity contribution in [3.63, 3.8) is 0 Å². The van der Waals surface area contributed by atoms with Crippen LogP contribution < -0.4 is 0 Å². The fourth-order valence-electron chi connectivity index (χ4n) is 2.06. The van der Waals surface area contributed by atoms with Crippen LogP contribution in [0.5, 0.6) is 0 Å². The first kappa shape index (κ1) is 9.66. The Labute approximate surface area is 83.6 Å². The molecule has 0 aromatic heterocycles. The number of rotatable bonds is 2. The van der Waals surface area contributed by atoms with E-state index in [0.29, 0.717) is 5.92 Å². The molecule has 1 aliphatic rings. The lowest BCUT2D eigenvalue weighted by atomic mass is 9.88. The average Bonchev–Trinajstić information content (AvgIpc) is 2.84. The Kier molecular flexibility index (Phi) is 2.11. The second-order valence-corrected chi connectivity index (χ2v) is 4.38. The highest BCUT2D eigenvalue weighted by Crippen LogP contribution is 2.46. The van der Waals surface area contributed by atoms with Gasteiger partial charge < -0.3 is 5.11 Å². The molecule has 76 valence electrons. The molecule has 0 aliphatic heterocycles. The van der Waals surface area contributed by atoms with Crippen molar-refractivity contribution in [1.29, 1.82) is 0 Å². The fourth-order valence-corrected chi connectivity index (χ4v) is 2.06. The number of halogens is 1. The molecule has 1 saturated carbocycles. The molecule has 2 rings (SSSR count). The van der Waals surface area contributed by atoms with Crippen LogP contribution in [0, 0.1) is 18.7 Å². The van der Waals surface area contributed by atoms with Crippen LogP contribution in [0.15, 0.2) is 18.2 Å². The van der Waals surface area contributed by atoms with Gasteiger partial charge >= 0.3 is 0 Å². The second kappa shape index (κ2) is 3.06. The van der Waals surface area contributed by atoms with Gasteiger partial charge in [0.1, 0.15) is 5.82 Å². The van der Waals surface area contributed by atoms with Crippen LogP contribution >= 0.6 is 0 Å². The molecule has 0 heterocycles. The summed E-state index contributed by atoms with van der Waals surface area (Å²) >= 11 is 0. The van der Waals surface area contributed by atoms with Gasteiger partial charge in [0.05, 0.1) is 5.60 Å². The van der Waals surface area contributed by atoms with E-state index in [2.05, 4.69) is 0 Å². The maximum atomic E-state index is 12.9. The predicted molar refractivity (Wildman–Crippen MR) is 53.4 cm³/mol. The van der Waals surface area contributed by atoms with Crippen molar-refractivity contribution in [2.24, 2.45) is 5.92 Å². The van der Waals surface area contributed by atoms with E-state index in [4.69, 9.17) is 0 Å². The van der Waals surface area contributed by atoms with Crippen molar-refractivity contribution in [2.45, 2.75) is 32.3 Å². The maximum absolute atomic E-state index is 12.9. The van der Waals surface area contributed by atoms with Crippen LogP contribution in [-0.4, -0.2) is 5.11 Å². The molecule has 2 heteroatoms. The first-order chi connectivity index (χ1) is 6.51. The van der Waals surface area contributed by atoms with Crippen molar-refractivity contribution in [2.75, 3.05) is 0 Å². The Hall–Kier alpha value is -0.890. The van der Waals surface area contributed by atoms with Gasteiger partial charge in [0.15, 0.2) is 0 Å². The van der Waals surface area contributed by atoms with Crippen LogP contribution in [0.1, 0.15) is 30.9 Å². The van der Waals surface area contributed by atoms with E-state index in [0.717, 1.165) is 24.0 Å². The third kappa shape index (κ3) is 1.55. The molecular formula is C12H15FO. The molecule has 1 N–H and O–H groups in total. The van der Waals surface area contributed by atoms with Gasteiger partial charge in [-0.05, 0) is 55.9 Å². The molecule has 1 aromatic carbocycles. The molecule has 1 aliphatic carbocycles. The Balaban J connectivity index is 2.40. The molecule has 0 saturated heterocycles. The van der Waals surface area contributed by atoms with Crippen molar-refractivity contribution < 1.29 is 9.50 Å². The summed E-state index contributed by atoms with van der Waals surface area (Å²) in [6, 6.07) is 4.59.